The highest BCUT2D eigenvalue weighted by molar-refractivity contribution is 5.85. The largest absolute Gasteiger partial charge is 0.370 e. The van der Waals surface area contributed by atoms with E-state index in [1.54, 1.807) is 0 Å². The molecule has 1 aliphatic rings. The number of piperazine rings is 1. The van der Waals surface area contributed by atoms with Crippen molar-refractivity contribution < 1.29 is 4.79 Å². The average Bonchev–Trinajstić information content (AvgIpc) is 3.29. The summed E-state index contributed by atoms with van der Waals surface area (Å²) in [6, 6.07) is 22.8. The highest BCUT2D eigenvalue weighted by atomic mass is 16.2. The number of para-hydroxylation sites is 1. The number of benzene rings is 3. The van der Waals surface area contributed by atoms with Gasteiger partial charge in [-0.3, -0.25) is 14.7 Å². The first-order valence-corrected chi connectivity index (χ1v) is 14.7. The Labute approximate surface area is 242 Å². The number of nitrogens with two attached hydrogens (primary N) is 3. The lowest BCUT2D eigenvalue weighted by Crippen LogP contribution is -2.62. The number of carbonyl (C=O) groups is 1. The molecule has 0 unspecified atom stereocenters. The summed E-state index contributed by atoms with van der Waals surface area (Å²) in [6.07, 6.45) is 5.34. The molecule has 216 valence electrons. The lowest BCUT2D eigenvalue weighted by Gasteiger charge is -2.46. The van der Waals surface area contributed by atoms with Crippen molar-refractivity contribution in [2.24, 2.45) is 29.2 Å². The molecule has 3 atom stereocenters. The number of aliphatic imine (C=N–C) groups is 1. The van der Waals surface area contributed by atoms with Gasteiger partial charge in [-0.2, -0.15) is 0 Å². The van der Waals surface area contributed by atoms with Gasteiger partial charge < -0.3 is 26.7 Å². The van der Waals surface area contributed by atoms with Gasteiger partial charge in [-0.25, -0.2) is 0 Å². The third-order valence-corrected chi connectivity index (χ3v) is 8.48. The topological polar surface area (TPSA) is 119 Å². The Bertz CT molecular complexity index is 1520. The molecule has 4 aromatic rings. The molecular formula is C33H43N7O. The van der Waals surface area contributed by atoms with Crippen molar-refractivity contribution in [1.29, 1.82) is 0 Å². The van der Waals surface area contributed by atoms with E-state index in [2.05, 4.69) is 89.2 Å². The van der Waals surface area contributed by atoms with Crippen LogP contribution in [-0.2, 0) is 24.7 Å². The zero-order valence-corrected chi connectivity index (χ0v) is 24.2. The van der Waals surface area contributed by atoms with Crippen molar-refractivity contribution in [2.45, 2.75) is 50.7 Å². The molecular weight excluding hydrogens is 510 g/mol. The van der Waals surface area contributed by atoms with Gasteiger partial charge in [0.1, 0.15) is 0 Å². The van der Waals surface area contributed by atoms with Crippen LogP contribution < -0.4 is 17.2 Å². The van der Waals surface area contributed by atoms with Crippen LogP contribution in [-0.4, -0.2) is 70.5 Å². The molecule has 5 rings (SSSR count). The summed E-state index contributed by atoms with van der Waals surface area (Å²) in [4.78, 5) is 22.5. The van der Waals surface area contributed by atoms with Gasteiger partial charge in [0, 0.05) is 62.4 Å². The molecule has 1 aromatic heterocycles. The average molecular weight is 554 g/mol. The molecule has 8 heteroatoms. The number of aromatic nitrogens is 1. The van der Waals surface area contributed by atoms with Crippen molar-refractivity contribution in [2.75, 3.05) is 26.2 Å². The van der Waals surface area contributed by atoms with E-state index >= 15 is 0 Å². The molecule has 6 N–H and O–H groups in total. The van der Waals surface area contributed by atoms with Gasteiger partial charge in [-0.1, -0.05) is 60.7 Å². The fraction of sp³-hybridized carbons (Fsp3) is 0.394. The fourth-order valence-corrected chi connectivity index (χ4v) is 6.27. The molecule has 0 spiro atoms. The molecule has 1 fully saturated rings. The first-order chi connectivity index (χ1) is 19.8. The van der Waals surface area contributed by atoms with Gasteiger partial charge in [0.15, 0.2) is 5.96 Å². The molecule has 0 saturated carbocycles. The third kappa shape index (κ3) is 6.72. The maximum absolute atomic E-state index is 13.8. The number of amides is 1. The number of nitrogens with zero attached hydrogens (tertiary/aromatic N) is 4. The van der Waals surface area contributed by atoms with Crippen LogP contribution in [0.25, 0.3) is 21.7 Å². The van der Waals surface area contributed by atoms with Crippen LogP contribution in [0.1, 0.15) is 30.9 Å². The van der Waals surface area contributed by atoms with E-state index in [1.807, 2.05) is 17.0 Å². The minimum atomic E-state index is -0.592. The highest BCUT2D eigenvalue weighted by Gasteiger charge is 2.36. The molecule has 2 heterocycles. The fourth-order valence-electron chi connectivity index (χ4n) is 6.27. The lowest BCUT2D eigenvalue weighted by atomic mass is 9.98. The van der Waals surface area contributed by atoms with Crippen LogP contribution >= 0.6 is 0 Å². The number of hydrogen-bond donors (Lipinski definition) is 3. The molecule has 1 saturated heterocycles. The number of hydrogen-bond acceptors (Lipinski definition) is 4. The van der Waals surface area contributed by atoms with Crippen molar-refractivity contribution in [1.82, 2.24) is 14.4 Å². The standard InChI is InChI=1S/C33H43N7O/c1-23-20-40(32(41)30(34)19-24-13-14-25-8-3-4-9-26(25)18-24)28(10-7-16-37-33(35)36)22-39(23)17-15-27-21-38(2)31-12-6-5-11-29(27)31/h3-6,8-9,11-14,18,21,23,28,30H,7,10,15-17,19-20,22,34H2,1-2H3,(H4,35,36,37)/t23-,28+,30-/m1/s1. The number of aryl methyl sites for hydroxylation is 1. The van der Waals surface area contributed by atoms with Gasteiger partial charge in [0.2, 0.25) is 5.91 Å². The van der Waals surface area contributed by atoms with E-state index in [0.717, 1.165) is 43.3 Å². The number of guanidine groups is 1. The molecule has 1 aliphatic heterocycles. The van der Waals surface area contributed by atoms with Gasteiger partial charge in [-0.05, 0) is 60.6 Å². The number of carbonyl (C=O) groups excluding carboxylic acids is 1. The number of rotatable bonds is 10. The Hall–Kier alpha value is -3.88. The molecule has 0 radical (unpaired) electrons. The quantitative estimate of drug-likeness (QED) is 0.158. The maximum Gasteiger partial charge on any atom is 0.240 e. The summed E-state index contributed by atoms with van der Waals surface area (Å²) >= 11 is 0. The van der Waals surface area contributed by atoms with Gasteiger partial charge in [0.25, 0.3) is 0 Å². The number of fused-ring (bicyclic) bond motifs is 2. The second-order valence-corrected chi connectivity index (χ2v) is 11.5. The van der Waals surface area contributed by atoms with Crippen molar-refractivity contribution >= 4 is 33.5 Å². The van der Waals surface area contributed by atoms with Crippen LogP contribution in [0.3, 0.4) is 0 Å². The van der Waals surface area contributed by atoms with Gasteiger partial charge in [0.05, 0.1) is 6.04 Å². The summed E-state index contributed by atoms with van der Waals surface area (Å²) in [6.45, 7) is 5.17. The molecule has 3 aromatic carbocycles. The van der Waals surface area contributed by atoms with Crippen LogP contribution in [0, 0.1) is 0 Å². The Morgan fingerprint density at radius 3 is 2.59 bits per heavy atom. The van der Waals surface area contributed by atoms with E-state index in [9.17, 15) is 4.79 Å². The zero-order chi connectivity index (χ0) is 28.9. The summed E-state index contributed by atoms with van der Waals surface area (Å²) in [7, 11) is 2.10. The first-order valence-electron chi connectivity index (χ1n) is 14.7. The van der Waals surface area contributed by atoms with Crippen molar-refractivity contribution in [3.8, 4) is 0 Å². The van der Waals surface area contributed by atoms with E-state index in [-0.39, 0.29) is 24.0 Å². The van der Waals surface area contributed by atoms with Crippen LogP contribution in [0.4, 0.5) is 0 Å². The van der Waals surface area contributed by atoms with E-state index in [1.165, 1.54) is 21.9 Å². The van der Waals surface area contributed by atoms with Crippen LogP contribution in [0.2, 0.25) is 0 Å². The Morgan fingerprint density at radius 1 is 1.02 bits per heavy atom. The van der Waals surface area contributed by atoms with E-state index in [0.29, 0.717) is 19.5 Å². The minimum absolute atomic E-state index is 0.0190. The normalized spacial score (nSPS) is 18.6. The predicted molar refractivity (Wildman–Crippen MR) is 169 cm³/mol. The zero-order valence-electron chi connectivity index (χ0n) is 24.2. The summed E-state index contributed by atoms with van der Waals surface area (Å²) in [5.41, 5.74) is 21.4. The SMILES string of the molecule is C[C@@H]1CN(C(=O)[C@H](N)Cc2ccc3ccccc3c2)[C@@H](CCCN=C(N)N)CN1CCc1cn(C)c2ccccc12. The van der Waals surface area contributed by atoms with Crippen molar-refractivity contribution in [3.05, 3.63) is 84.1 Å². The highest BCUT2D eigenvalue weighted by Crippen LogP contribution is 2.25. The Kier molecular flexibility index (Phi) is 8.90. The van der Waals surface area contributed by atoms with Gasteiger partial charge in [-0.15, -0.1) is 0 Å². The lowest BCUT2D eigenvalue weighted by molar-refractivity contribution is -0.139. The smallest absolute Gasteiger partial charge is 0.240 e. The van der Waals surface area contributed by atoms with E-state index in [4.69, 9.17) is 17.2 Å². The maximum atomic E-state index is 13.8. The molecule has 8 nitrogen and oxygen atoms in total. The molecule has 0 aliphatic carbocycles. The van der Waals surface area contributed by atoms with Crippen LogP contribution in [0.5, 0.6) is 0 Å². The third-order valence-electron chi connectivity index (χ3n) is 8.48. The van der Waals surface area contributed by atoms with Gasteiger partial charge >= 0.3 is 0 Å². The predicted octanol–water partition coefficient (Wildman–Crippen LogP) is 3.40. The molecule has 0 bridgehead atoms. The Morgan fingerprint density at radius 2 is 1.78 bits per heavy atom. The van der Waals surface area contributed by atoms with Crippen LogP contribution in [0.15, 0.2) is 77.9 Å². The minimum Gasteiger partial charge on any atom is -0.370 e. The monoisotopic (exact) mass is 553 g/mol. The summed E-state index contributed by atoms with van der Waals surface area (Å²) in [5.74, 6) is 0.120. The second-order valence-electron chi connectivity index (χ2n) is 11.5. The van der Waals surface area contributed by atoms with E-state index < -0.39 is 6.04 Å². The second kappa shape index (κ2) is 12.7. The first kappa shape index (κ1) is 28.6. The summed E-state index contributed by atoms with van der Waals surface area (Å²) in [5, 5.41) is 3.66. The van der Waals surface area contributed by atoms with Crippen molar-refractivity contribution in [3.63, 3.8) is 0 Å². The molecule has 1 amide bonds. The molecule has 41 heavy (non-hydrogen) atoms. The summed E-state index contributed by atoms with van der Waals surface area (Å²) < 4.78 is 2.20. The Balaban J connectivity index is 1.28.